The van der Waals surface area contributed by atoms with Crippen molar-refractivity contribution < 1.29 is 0 Å². The lowest BCUT2D eigenvalue weighted by molar-refractivity contribution is 0.645. The molecule has 0 aliphatic heterocycles. The number of aromatic amines is 1. The van der Waals surface area contributed by atoms with Gasteiger partial charge in [-0.15, -0.1) is 0 Å². The Balaban J connectivity index is 2.55. The monoisotopic (exact) mass is 275 g/mol. The minimum absolute atomic E-state index is 0.179. The van der Waals surface area contributed by atoms with E-state index in [1.807, 2.05) is 18.2 Å². The summed E-state index contributed by atoms with van der Waals surface area (Å²) >= 11 is 5.19. The average molecular weight is 275 g/mol. The van der Waals surface area contributed by atoms with E-state index in [4.69, 9.17) is 12.2 Å². The summed E-state index contributed by atoms with van der Waals surface area (Å²) in [4.78, 5) is 15.3. The molecule has 19 heavy (non-hydrogen) atoms. The number of nitrogens with one attached hydrogen (secondary N) is 1. The summed E-state index contributed by atoms with van der Waals surface area (Å²) in [6, 6.07) is 7.30. The van der Waals surface area contributed by atoms with Crippen molar-refractivity contribution in [1.29, 1.82) is 0 Å². The van der Waals surface area contributed by atoms with Crippen molar-refractivity contribution in [2.24, 2.45) is 11.0 Å². The Hall–Kier alpha value is -1.75. The van der Waals surface area contributed by atoms with Gasteiger partial charge in [0.2, 0.25) is 4.77 Å². The molecule has 0 bridgehead atoms. The van der Waals surface area contributed by atoms with E-state index in [0.29, 0.717) is 16.1 Å². The maximum atomic E-state index is 12.3. The van der Waals surface area contributed by atoms with Crippen LogP contribution in [-0.4, -0.2) is 15.9 Å². The lowest BCUT2D eigenvalue weighted by Gasteiger charge is -2.06. The van der Waals surface area contributed by atoms with Crippen LogP contribution in [0.25, 0.3) is 10.9 Å². The maximum Gasteiger partial charge on any atom is 0.282 e. The molecule has 0 unspecified atom stereocenters. The Kier molecular flexibility index (Phi) is 4.27. The summed E-state index contributed by atoms with van der Waals surface area (Å²) < 4.78 is 1.58. The summed E-state index contributed by atoms with van der Waals surface area (Å²) in [6.45, 7) is 4.20. The smallest absolute Gasteiger partial charge is 0.282 e. The normalized spacial score (nSPS) is 11.7. The van der Waals surface area contributed by atoms with Gasteiger partial charge in [-0.3, -0.25) is 4.79 Å². The molecule has 0 saturated heterocycles. The molecule has 1 aromatic heterocycles. The summed E-state index contributed by atoms with van der Waals surface area (Å²) in [5, 5.41) is 4.84. The molecule has 1 N–H and O–H groups in total. The molecule has 0 atom stereocenters. The number of rotatable bonds is 4. The van der Waals surface area contributed by atoms with Crippen LogP contribution in [0.1, 0.15) is 26.7 Å². The molecule has 4 nitrogen and oxygen atoms in total. The van der Waals surface area contributed by atoms with Gasteiger partial charge in [0, 0.05) is 6.21 Å². The molecule has 0 fully saturated rings. The topological polar surface area (TPSA) is 50.1 Å². The summed E-state index contributed by atoms with van der Waals surface area (Å²) in [5.74, 6) is 0.368. The standard InChI is InChI=1S/C14H17N3OS/c1-3-10(4-2)9-15-17-13(18)11-7-5-6-8-12(11)16-14(17)19/h5-10H,3-4H2,1-2H3,(H,16,19)/b15-9-. The molecule has 1 heterocycles. The fourth-order valence-electron chi connectivity index (χ4n) is 1.92. The van der Waals surface area contributed by atoms with Crippen LogP contribution >= 0.6 is 12.2 Å². The number of hydrogen-bond acceptors (Lipinski definition) is 3. The van der Waals surface area contributed by atoms with Crippen molar-refractivity contribution in [2.75, 3.05) is 0 Å². The fourth-order valence-corrected chi connectivity index (χ4v) is 2.16. The van der Waals surface area contributed by atoms with Crippen molar-refractivity contribution in [3.05, 3.63) is 39.4 Å². The third kappa shape index (κ3) is 2.81. The summed E-state index contributed by atoms with van der Waals surface area (Å²) in [5.41, 5.74) is 0.563. The van der Waals surface area contributed by atoms with Gasteiger partial charge >= 0.3 is 0 Å². The first kappa shape index (κ1) is 13.7. The fraction of sp³-hybridized carbons (Fsp3) is 0.357. The Morgan fingerprint density at radius 3 is 2.74 bits per heavy atom. The van der Waals surface area contributed by atoms with Gasteiger partial charge in [-0.25, -0.2) is 0 Å². The van der Waals surface area contributed by atoms with Crippen molar-refractivity contribution >= 4 is 29.3 Å². The highest BCUT2D eigenvalue weighted by atomic mass is 32.1. The molecule has 100 valence electrons. The zero-order valence-corrected chi connectivity index (χ0v) is 11.9. The van der Waals surface area contributed by atoms with Gasteiger partial charge in [0.25, 0.3) is 5.56 Å². The van der Waals surface area contributed by atoms with E-state index in [0.717, 1.165) is 18.4 Å². The van der Waals surface area contributed by atoms with Crippen LogP contribution in [0, 0.1) is 10.7 Å². The predicted octanol–water partition coefficient (Wildman–Crippen LogP) is 3.33. The number of hydrogen-bond donors (Lipinski definition) is 1. The van der Waals surface area contributed by atoms with Gasteiger partial charge in [-0.2, -0.15) is 9.78 Å². The van der Waals surface area contributed by atoms with E-state index in [1.165, 1.54) is 4.68 Å². The van der Waals surface area contributed by atoms with Crippen LogP contribution in [0.2, 0.25) is 0 Å². The number of aromatic nitrogens is 2. The molecule has 0 amide bonds. The van der Waals surface area contributed by atoms with Crippen LogP contribution in [0.3, 0.4) is 0 Å². The molecule has 2 aromatic rings. The number of fused-ring (bicyclic) bond motifs is 1. The highest BCUT2D eigenvalue weighted by Gasteiger charge is 2.04. The van der Waals surface area contributed by atoms with Gasteiger partial charge in [-0.1, -0.05) is 26.0 Å². The Morgan fingerprint density at radius 1 is 1.37 bits per heavy atom. The number of H-pyrrole nitrogens is 1. The number of benzene rings is 1. The van der Waals surface area contributed by atoms with Crippen molar-refractivity contribution in [2.45, 2.75) is 26.7 Å². The van der Waals surface area contributed by atoms with Crippen LogP contribution in [-0.2, 0) is 0 Å². The predicted molar refractivity (Wildman–Crippen MR) is 81.4 cm³/mol. The van der Waals surface area contributed by atoms with Crippen LogP contribution in [0.4, 0.5) is 0 Å². The quantitative estimate of drug-likeness (QED) is 0.687. The second-order valence-electron chi connectivity index (χ2n) is 4.43. The summed E-state index contributed by atoms with van der Waals surface area (Å²) in [6.07, 6.45) is 3.80. The van der Waals surface area contributed by atoms with Crippen molar-refractivity contribution in [3.8, 4) is 0 Å². The van der Waals surface area contributed by atoms with E-state index >= 15 is 0 Å². The largest absolute Gasteiger partial charge is 0.330 e. The van der Waals surface area contributed by atoms with E-state index in [9.17, 15) is 4.79 Å². The van der Waals surface area contributed by atoms with Crippen LogP contribution < -0.4 is 5.56 Å². The first-order valence-electron chi connectivity index (χ1n) is 6.46. The van der Waals surface area contributed by atoms with Gasteiger partial charge < -0.3 is 4.98 Å². The molecule has 0 aliphatic carbocycles. The molecule has 0 radical (unpaired) electrons. The van der Waals surface area contributed by atoms with Crippen LogP contribution in [0.15, 0.2) is 34.2 Å². The van der Waals surface area contributed by atoms with Gasteiger partial charge in [0.1, 0.15) is 0 Å². The van der Waals surface area contributed by atoms with Crippen molar-refractivity contribution in [1.82, 2.24) is 9.66 Å². The molecule has 0 aliphatic rings. The zero-order valence-electron chi connectivity index (χ0n) is 11.1. The molecule has 2 rings (SSSR count). The number of para-hydroxylation sites is 1. The van der Waals surface area contributed by atoms with E-state index in [-0.39, 0.29) is 5.56 Å². The van der Waals surface area contributed by atoms with Gasteiger partial charge in [0.15, 0.2) is 0 Å². The lowest BCUT2D eigenvalue weighted by atomic mass is 10.1. The first-order valence-corrected chi connectivity index (χ1v) is 6.86. The average Bonchev–Trinajstić information content (AvgIpc) is 2.43. The minimum Gasteiger partial charge on any atom is -0.330 e. The molecule has 1 aromatic carbocycles. The van der Waals surface area contributed by atoms with Crippen molar-refractivity contribution in [3.63, 3.8) is 0 Å². The Bertz CT molecular complexity index is 710. The second kappa shape index (κ2) is 5.93. The Labute approximate surface area is 116 Å². The summed E-state index contributed by atoms with van der Waals surface area (Å²) in [7, 11) is 0. The van der Waals surface area contributed by atoms with E-state index in [2.05, 4.69) is 23.9 Å². The SMILES string of the molecule is CCC(/C=N\n1c(=S)[nH]c2ccccc2c1=O)CC. The van der Waals surface area contributed by atoms with Gasteiger partial charge in [-0.05, 0) is 43.1 Å². The lowest BCUT2D eigenvalue weighted by Crippen LogP contribution is -2.19. The highest BCUT2D eigenvalue weighted by Crippen LogP contribution is 2.07. The number of nitrogens with zero attached hydrogens (tertiary/aromatic N) is 2. The third-order valence-corrected chi connectivity index (χ3v) is 3.50. The highest BCUT2D eigenvalue weighted by molar-refractivity contribution is 7.71. The molecular formula is C14H17N3OS. The van der Waals surface area contributed by atoms with E-state index in [1.54, 1.807) is 12.3 Å². The van der Waals surface area contributed by atoms with Gasteiger partial charge in [0.05, 0.1) is 10.9 Å². The minimum atomic E-state index is -0.179. The first-order chi connectivity index (χ1) is 9.17. The van der Waals surface area contributed by atoms with Crippen LogP contribution in [0.5, 0.6) is 0 Å². The Morgan fingerprint density at radius 2 is 2.05 bits per heavy atom. The molecule has 0 saturated carbocycles. The molecule has 5 heteroatoms. The zero-order chi connectivity index (χ0) is 13.8. The molecular weight excluding hydrogens is 258 g/mol. The second-order valence-corrected chi connectivity index (χ2v) is 4.82. The maximum absolute atomic E-state index is 12.3. The van der Waals surface area contributed by atoms with E-state index < -0.39 is 0 Å². The molecule has 0 spiro atoms. The third-order valence-electron chi connectivity index (χ3n) is 3.23.